The van der Waals surface area contributed by atoms with Crippen molar-refractivity contribution in [3.63, 3.8) is 0 Å². The standard InChI is InChI=1S/C26H26N4.C25H24N4O.C25H23N3O.C24H22N4O.C24H21N3O.2CH4/c1-17-22-8-4-6-20-14-23(21-7-5-13-27-15-21)24(26(25(20)22)29-28-17)19-11-9-18(10-12-19)16-30(2)3;1-29(2)15-16-7-5-8-17(13-16)22-24(20-10-3-4-12-26-20)28-19-11-6-9-18-21(30)14-27-25(22)23(18)19;1-2-6-16-7-3-8-17(13-16)22-24(18-9-5-12-26-14-18)28-20-11-4-10-19-21(29)15-27-25(22)23(19)20;1-25-12-15-7-9-16(10-8-15)21-23(17-4-3-11-26-13-17)28-19-6-2-5-18-20(29)14-27-24(21)22(18)19;1-2-15-6-3-7-16(12-15)21-23(17-8-5-11-25-13-17)27-19-10-4-9-18-20(28)14-26-24(21)22(18)19;;/h4-13,15,23-24,28H,1,14,16H2,2-3H3;3-13,22,24,28H,14-15H2,1-2H3;3-5,7-14,22,24,28H,2,6,15H2,1H3;2-11,13,21,23,25,28H,12,14H2,1H3;3-13,21,23,27H,2,14H2,1H3;2*1H4. The zero-order valence-corrected chi connectivity index (χ0v) is 83.0. The second-order valence-electron chi connectivity index (χ2n) is 39.3. The van der Waals surface area contributed by atoms with Crippen LogP contribution in [0.3, 0.4) is 0 Å². The van der Waals surface area contributed by atoms with Crippen molar-refractivity contribution in [3.05, 3.63) is 486 Å². The number of benzene rings is 10. The van der Waals surface area contributed by atoms with Gasteiger partial charge in [0.15, 0.2) is 23.1 Å². The van der Waals surface area contributed by atoms with Crippen LogP contribution in [0.15, 0.2) is 366 Å². The molecule has 10 unspecified atom stereocenters. The van der Waals surface area contributed by atoms with Crippen LogP contribution in [0, 0.1) is 0 Å². The smallest absolute Gasteiger partial charge is 0.184 e. The molecule has 0 radical (unpaired) electrons. The lowest BCUT2D eigenvalue weighted by molar-refractivity contribution is 0.0992. The number of aryl methyl sites for hydroxylation is 2. The van der Waals surface area contributed by atoms with Gasteiger partial charge in [0, 0.05) is 166 Å². The number of hydrazone groups is 1. The van der Waals surface area contributed by atoms with E-state index in [2.05, 4.69) is 285 Å². The number of hydrogen-bond donors (Lipinski definition) is 6. The van der Waals surface area contributed by atoms with E-state index < -0.39 is 0 Å². The molecule has 0 spiro atoms. The Morgan fingerprint density at radius 3 is 1.15 bits per heavy atom. The molecule has 742 valence electrons. The SMILES string of the molecule is C.C.C=C1NN=C2c3c(cccc31)CC(c1cccnc1)C2c1ccc(CN(C)C)cc1.CCCc1cccc(C2C3=NCC(=O)c4cccc(c43)NC2c2cccnc2)c1.CCc1cccc(C2C3=NCC(=O)c4cccc(c43)NC2c2cccnc2)c1.CN(C)Cc1cccc(C2C3=NCC(=O)c4cccc(c43)NC2c2ccccn2)c1.CNCc1ccc(C2C3=NCC(=O)c4cccc(c43)NC2c2cccnc2)cc1. The van der Waals surface area contributed by atoms with Gasteiger partial charge in [0.1, 0.15) is 26.2 Å². The minimum Gasteiger partial charge on any atom is -0.377 e. The van der Waals surface area contributed by atoms with E-state index in [4.69, 9.17) is 25.1 Å². The molecule has 22 nitrogen and oxygen atoms in total. The van der Waals surface area contributed by atoms with Crippen molar-refractivity contribution in [1.29, 1.82) is 0 Å². The van der Waals surface area contributed by atoms with E-state index in [0.29, 0.717) is 0 Å². The summed E-state index contributed by atoms with van der Waals surface area (Å²) in [5.74, 6) is 0.812. The highest BCUT2D eigenvalue weighted by molar-refractivity contribution is 6.25. The first-order valence-electron chi connectivity index (χ1n) is 50.5. The van der Waals surface area contributed by atoms with Crippen LogP contribution in [0.4, 0.5) is 22.7 Å². The van der Waals surface area contributed by atoms with E-state index >= 15 is 0 Å². The van der Waals surface area contributed by atoms with Gasteiger partial charge in [-0.25, -0.2) is 0 Å². The molecule has 6 N–H and O–H groups in total. The summed E-state index contributed by atoms with van der Waals surface area (Å²) in [5.41, 5.74) is 41.8. The Kier molecular flexibility index (Phi) is 30.3. The number of nitrogens with zero attached hydrogens (tertiary/aromatic N) is 12. The van der Waals surface area contributed by atoms with Crippen molar-refractivity contribution in [2.24, 2.45) is 25.1 Å². The molecule has 5 aromatic heterocycles. The Labute approximate surface area is 866 Å². The number of hydrogen-bond acceptors (Lipinski definition) is 22. The van der Waals surface area contributed by atoms with Gasteiger partial charge in [-0.15, -0.1) is 0 Å². The average Bonchev–Trinajstić information content (AvgIpc) is 0.754. The lowest BCUT2D eigenvalue weighted by atomic mass is 9.67. The fraction of sp³-hybridized carbons (Fsp3) is 0.238. The number of anilines is 4. The zero-order chi connectivity index (χ0) is 100. The summed E-state index contributed by atoms with van der Waals surface area (Å²) >= 11 is 0. The second kappa shape index (κ2) is 44.7. The number of nitrogens with one attached hydrogen (secondary N) is 6. The molecule has 22 heteroatoms. The molecule has 10 aromatic carbocycles. The molecule has 148 heavy (non-hydrogen) atoms. The molecule has 10 aliphatic rings. The summed E-state index contributed by atoms with van der Waals surface area (Å²) in [4.78, 5) is 95.6. The second-order valence-corrected chi connectivity index (χ2v) is 39.3. The number of pyridine rings is 5. The van der Waals surface area contributed by atoms with Crippen molar-refractivity contribution in [2.45, 2.75) is 134 Å². The van der Waals surface area contributed by atoms with E-state index in [1.165, 1.54) is 72.3 Å². The minimum atomic E-state index is -0.0597. The molecule has 0 saturated heterocycles. The van der Waals surface area contributed by atoms with Crippen molar-refractivity contribution in [1.82, 2.24) is 45.5 Å². The quantitative estimate of drug-likeness (QED) is 0.0439. The summed E-state index contributed by atoms with van der Waals surface area (Å²) in [6.45, 7) is 12.0. The molecule has 0 saturated carbocycles. The van der Waals surface area contributed by atoms with Gasteiger partial charge >= 0.3 is 0 Å². The van der Waals surface area contributed by atoms with Crippen molar-refractivity contribution >= 4 is 80.1 Å². The summed E-state index contributed by atoms with van der Waals surface area (Å²) in [6, 6.07) is 96.3. The maximum Gasteiger partial charge on any atom is 0.184 e. The number of rotatable bonds is 19. The number of Topliss-reactive ketones (excluding diaryl/α,β-unsaturated/α-hetero) is 4. The summed E-state index contributed by atoms with van der Waals surface area (Å²) in [5, 5.41) is 22.8. The first-order chi connectivity index (χ1) is 71.5. The van der Waals surface area contributed by atoms with Gasteiger partial charge in [-0.3, -0.25) is 69.5 Å². The number of carbonyl (C=O) groups is 4. The molecule has 25 rings (SSSR count). The normalized spacial score (nSPS) is 19.7. The molecular weight excluding hydrogens is 1830 g/mol. The van der Waals surface area contributed by atoms with Gasteiger partial charge in [-0.05, 0) is 199 Å². The number of carbonyl (C=O) groups excluding carboxylic acids is 4. The van der Waals surface area contributed by atoms with Crippen LogP contribution in [0.25, 0.3) is 5.70 Å². The molecule has 15 aromatic rings. The van der Waals surface area contributed by atoms with E-state index in [0.717, 1.165) is 175 Å². The minimum absolute atomic E-state index is 0. The largest absolute Gasteiger partial charge is 0.377 e. The van der Waals surface area contributed by atoms with E-state index in [9.17, 15) is 19.2 Å². The van der Waals surface area contributed by atoms with Crippen LogP contribution in [0.5, 0.6) is 0 Å². The fourth-order valence-electron chi connectivity index (χ4n) is 22.7. The molecule has 10 atom stereocenters. The van der Waals surface area contributed by atoms with Gasteiger partial charge in [0.25, 0.3) is 0 Å². The highest BCUT2D eigenvalue weighted by Crippen LogP contribution is 2.52. The Bertz CT molecular complexity index is 7620. The zero-order valence-electron chi connectivity index (χ0n) is 83.0. The van der Waals surface area contributed by atoms with Crippen LogP contribution in [0.2, 0.25) is 0 Å². The highest BCUT2D eigenvalue weighted by Gasteiger charge is 2.46. The third-order valence-corrected chi connectivity index (χ3v) is 29.2. The lowest BCUT2D eigenvalue weighted by Gasteiger charge is -2.38. The third kappa shape index (κ3) is 20.3. The number of ketones is 4. The average molecular weight is 1950 g/mol. The summed E-state index contributed by atoms with van der Waals surface area (Å²) in [6.07, 6.45) is 20.9. The Hall–Kier alpha value is -16.4. The van der Waals surface area contributed by atoms with Crippen molar-refractivity contribution in [2.75, 3.05) is 82.7 Å². The van der Waals surface area contributed by atoms with Crippen LogP contribution in [0.1, 0.15) is 259 Å². The number of aromatic nitrogens is 5. The van der Waals surface area contributed by atoms with E-state index in [-0.39, 0.29) is 124 Å². The van der Waals surface area contributed by atoms with Crippen molar-refractivity contribution < 1.29 is 19.2 Å². The van der Waals surface area contributed by atoms with Crippen LogP contribution in [-0.2, 0) is 38.9 Å². The molecule has 0 bridgehead atoms. The maximum absolute atomic E-state index is 12.5. The molecule has 1 aliphatic carbocycles. The van der Waals surface area contributed by atoms with E-state index in [1.807, 2.05) is 153 Å². The highest BCUT2D eigenvalue weighted by atomic mass is 16.1. The first kappa shape index (κ1) is 100. The lowest BCUT2D eigenvalue weighted by Crippen LogP contribution is -2.36. The predicted octanol–water partition coefficient (Wildman–Crippen LogP) is 23.2. The molecule has 0 amide bonds. The maximum atomic E-state index is 12.5. The Morgan fingerprint density at radius 1 is 0.345 bits per heavy atom. The van der Waals surface area contributed by atoms with Gasteiger partial charge in [0.05, 0.1) is 87.8 Å². The summed E-state index contributed by atoms with van der Waals surface area (Å²) in [7, 11) is 10.3. The van der Waals surface area contributed by atoms with Gasteiger partial charge in [-0.2, -0.15) is 5.10 Å². The fourth-order valence-corrected chi connectivity index (χ4v) is 22.7. The van der Waals surface area contributed by atoms with Crippen molar-refractivity contribution in [3.8, 4) is 0 Å². The molecule has 9 aliphatic heterocycles. The third-order valence-electron chi connectivity index (χ3n) is 29.2. The first-order valence-corrected chi connectivity index (χ1v) is 50.5. The van der Waals surface area contributed by atoms with Crippen LogP contribution >= 0.6 is 0 Å². The molecular formula is C126H124N18O4. The van der Waals surface area contributed by atoms with Crippen LogP contribution in [-0.4, -0.2) is 148 Å². The Morgan fingerprint density at radius 2 is 0.723 bits per heavy atom. The number of aliphatic imine (C=N–C) groups is 4. The molecule has 0 fully saturated rings. The van der Waals surface area contributed by atoms with Gasteiger partial charge < -0.3 is 36.4 Å². The molecule has 14 heterocycles. The van der Waals surface area contributed by atoms with Gasteiger partial charge in [-0.1, -0.05) is 260 Å². The summed E-state index contributed by atoms with van der Waals surface area (Å²) < 4.78 is 0. The predicted molar refractivity (Wildman–Crippen MR) is 597 cm³/mol. The van der Waals surface area contributed by atoms with Gasteiger partial charge in [0.2, 0.25) is 0 Å². The van der Waals surface area contributed by atoms with Crippen LogP contribution < -0.4 is 32.0 Å². The van der Waals surface area contributed by atoms with E-state index in [1.54, 1.807) is 18.6 Å². The monoisotopic (exact) mass is 1950 g/mol. The Balaban J connectivity index is 0.000000116. The topological polar surface area (TPSA) is 273 Å².